The highest BCUT2D eigenvalue weighted by Gasteiger charge is 2.37. The molecule has 0 saturated heterocycles. The molecule has 9 nitrogen and oxygen atoms in total. The minimum Gasteiger partial charge on any atom is -0.330 e. The van der Waals surface area contributed by atoms with Crippen molar-refractivity contribution in [3.8, 4) is 11.4 Å². The van der Waals surface area contributed by atoms with Gasteiger partial charge in [0, 0.05) is 35.3 Å². The van der Waals surface area contributed by atoms with Gasteiger partial charge in [-0.25, -0.2) is 4.68 Å². The van der Waals surface area contributed by atoms with Gasteiger partial charge in [-0.1, -0.05) is 28.9 Å². The fourth-order valence-electron chi connectivity index (χ4n) is 5.35. The van der Waals surface area contributed by atoms with Gasteiger partial charge in [-0.15, -0.1) is 5.10 Å². The summed E-state index contributed by atoms with van der Waals surface area (Å²) in [4.78, 5) is 12.8. The normalized spacial score (nSPS) is 20.1. The summed E-state index contributed by atoms with van der Waals surface area (Å²) in [6.07, 6.45) is 6.06. The van der Waals surface area contributed by atoms with Crippen molar-refractivity contribution in [2.24, 2.45) is 5.73 Å². The Kier molecular flexibility index (Phi) is 6.77. The van der Waals surface area contributed by atoms with E-state index in [0.717, 1.165) is 48.5 Å². The number of hydrogen-bond acceptors (Lipinski definition) is 6. The number of halogens is 1. The highest BCUT2D eigenvalue weighted by molar-refractivity contribution is 6.30. The third-order valence-electron chi connectivity index (χ3n) is 7.58. The molecule has 0 atom stereocenters. The number of aromatic nitrogens is 7. The van der Waals surface area contributed by atoms with E-state index in [9.17, 15) is 4.79 Å². The number of nitrogens with two attached hydrogens (primary N) is 1. The molecule has 188 valence electrons. The maximum atomic E-state index is 12.8. The molecule has 1 saturated carbocycles. The highest BCUT2D eigenvalue weighted by atomic mass is 35.5. The number of H-pyrrole nitrogens is 1. The first-order valence-corrected chi connectivity index (χ1v) is 12.7. The first-order valence-electron chi connectivity index (χ1n) is 12.4. The SMILES string of the molecule is Cc1n[nH]c(C)c1CCn1cc(-c2ccc(=O)n([C@H]3CC[C@](CN)(c4cccc(Cl)c4)CC3)n2)nn1. The summed E-state index contributed by atoms with van der Waals surface area (Å²) in [5.41, 5.74) is 11.8. The zero-order chi connectivity index (χ0) is 25.3. The lowest BCUT2D eigenvalue weighted by Crippen LogP contribution is -2.41. The topological polar surface area (TPSA) is 120 Å². The van der Waals surface area contributed by atoms with Crippen LogP contribution in [0.5, 0.6) is 0 Å². The second kappa shape index (κ2) is 9.99. The van der Waals surface area contributed by atoms with Crippen LogP contribution in [0.25, 0.3) is 11.4 Å². The van der Waals surface area contributed by atoms with Crippen LogP contribution >= 0.6 is 11.6 Å². The Hall–Kier alpha value is -3.30. The monoisotopic (exact) mass is 506 g/mol. The number of aromatic amines is 1. The molecule has 4 aromatic rings. The maximum Gasteiger partial charge on any atom is 0.267 e. The molecule has 0 bridgehead atoms. The first kappa shape index (κ1) is 24.4. The molecule has 1 fully saturated rings. The lowest BCUT2D eigenvalue weighted by molar-refractivity contribution is 0.222. The first-order chi connectivity index (χ1) is 17.4. The number of aryl methyl sites for hydroxylation is 3. The van der Waals surface area contributed by atoms with Crippen molar-refractivity contribution in [2.45, 2.75) is 64.0 Å². The third-order valence-corrected chi connectivity index (χ3v) is 7.82. The van der Waals surface area contributed by atoms with Crippen molar-refractivity contribution in [3.05, 3.63) is 80.5 Å². The number of nitrogens with one attached hydrogen (secondary N) is 1. The second-order valence-corrected chi connectivity index (χ2v) is 10.2. The summed E-state index contributed by atoms with van der Waals surface area (Å²) < 4.78 is 3.42. The molecule has 3 N–H and O–H groups in total. The van der Waals surface area contributed by atoms with E-state index in [1.165, 1.54) is 11.1 Å². The minimum absolute atomic E-state index is 0.0124. The van der Waals surface area contributed by atoms with Gasteiger partial charge in [0.2, 0.25) is 0 Å². The summed E-state index contributed by atoms with van der Waals surface area (Å²) >= 11 is 6.25. The van der Waals surface area contributed by atoms with Crippen molar-refractivity contribution in [1.29, 1.82) is 0 Å². The molecule has 0 aliphatic heterocycles. The molecule has 3 heterocycles. The van der Waals surface area contributed by atoms with Gasteiger partial charge in [0.1, 0.15) is 11.4 Å². The summed E-state index contributed by atoms with van der Waals surface area (Å²) in [5, 5.41) is 21.3. The van der Waals surface area contributed by atoms with E-state index in [1.807, 2.05) is 38.2 Å². The van der Waals surface area contributed by atoms with Crippen LogP contribution in [0.1, 0.15) is 54.2 Å². The molecule has 0 unspecified atom stereocenters. The van der Waals surface area contributed by atoms with Gasteiger partial charge in [0.15, 0.2) is 0 Å². The zero-order valence-corrected chi connectivity index (χ0v) is 21.4. The van der Waals surface area contributed by atoms with Crippen molar-refractivity contribution in [3.63, 3.8) is 0 Å². The molecule has 0 amide bonds. The number of hydrogen-bond donors (Lipinski definition) is 2. The van der Waals surface area contributed by atoms with Crippen molar-refractivity contribution >= 4 is 11.6 Å². The van der Waals surface area contributed by atoms with Crippen LogP contribution in [0.15, 0.2) is 47.4 Å². The molecular weight excluding hydrogens is 476 g/mol. The van der Waals surface area contributed by atoms with Gasteiger partial charge in [-0.2, -0.15) is 10.2 Å². The largest absolute Gasteiger partial charge is 0.330 e. The summed E-state index contributed by atoms with van der Waals surface area (Å²) in [5.74, 6) is 0. The summed E-state index contributed by atoms with van der Waals surface area (Å²) in [6, 6.07) is 11.3. The van der Waals surface area contributed by atoms with Gasteiger partial charge in [-0.05, 0) is 75.3 Å². The zero-order valence-electron chi connectivity index (χ0n) is 20.6. The van der Waals surface area contributed by atoms with E-state index in [4.69, 9.17) is 22.4 Å². The van der Waals surface area contributed by atoms with Crippen LogP contribution in [0.4, 0.5) is 0 Å². The fourth-order valence-corrected chi connectivity index (χ4v) is 5.54. The fraction of sp³-hybridized carbons (Fsp3) is 0.423. The van der Waals surface area contributed by atoms with Crippen molar-refractivity contribution in [2.75, 3.05) is 6.54 Å². The molecule has 1 aliphatic rings. The molecule has 10 heteroatoms. The van der Waals surface area contributed by atoms with Crippen LogP contribution in [0, 0.1) is 13.8 Å². The Morgan fingerprint density at radius 1 is 1.17 bits per heavy atom. The Balaban J connectivity index is 1.31. The van der Waals surface area contributed by atoms with Gasteiger partial charge in [0.05, 0.1) is 17.9 Å². The lowest BCUT2D eigenvalue weighted by Gasteiger charge is -2.40. The average molecular weight is 507 g/mol. The number of benzene rings is 1. The molecule has 36 heavy (non-hydrogen) atoms. The van der Waals surface area contributed by atoms with Crippen LogP contribution in [-0.2, 0) is 18.4 Å². The Labute approximate surface area is 214 Å². The van der Waals surface area contributed by atoms with E-state index in [-0.39, 0.29) is 17.0 Å². The number of rotatable bonds is 7. The van der Waals surface area contributed by atoms with Crippen molar-refractivity contribution < 1.29 is 0 Å². The van der Waals surface area contributed by atoms with Crippen LogP contribution in [-0.4, -0.2) is 41.5 Å². The molecule has 1 aliphatic carbocycles. The van der Waals surface area contributed by atoms with Gasteiger partial charge < -0.3 is 5.73 Å². The standard InChI is InChI=1S/C26H31ClN8O/c1-17-22(18(2)30-29-17)10-13-34-15-24(31-33-34)23-6-7-25(36)35(32-23)21-8-11-26(16-28,12-9-21)19-4-3-5-20(27)14-19/h3-7,14-15,21H,8-13,16,28H2,1-2H3,(H,29,30)/t21-,26-. The Morgan fingerprint density at radius 3 is 2.67 bits per heavy atom. The summed E-state index contributed by atoms with van der Waals surface area (Å²) in [6.45, 7) is 5.24. The molecular formula is C26H31ClN8O. The van der Waals surface area contributed by atoms with E-state index >= 15 is 0 Å². The number of nitrogens with zero attached hydrogens (tertiary/aromatic N) is 6. The third kappa shape index (κ3) is 4.73. The lowest BCUT2D eigenvalue weighted by atomic mass is 9.68. The average Bonchev–Trinajstić information content (AvgIpc) is 3.49. The molecule has 0 spiro atoms. The van der Waals surface area contributed by atoms with Crippen LogP contribution in [0.3, 0.4) is 0 Å². The predicted octanol–water partition coefficient (Wildman–Crippen LogP) is 3.75. The van der Waals surface area contributed by atoms with Gasteiger partial charge >= 0.3 is 0 Å². The Bertz CT molecular complexity index is 1390. The maximum absolute atomic E-state index is 12.8. The molecule has 5 rings (SSSR count). The van der Waals surface area contributed by atoms with E-state index in [2.05, 4.69) is 26.6 Å². The smallest absolute Gasteiger partial charge is 0.267 e. The minimum atomic E-state index is -0.128. The van der Waals surface area contributed by atoms with Crippen LogP contribution in [0.2, 0.25) is 5.02 Å². The molecule has 0 radical (unpaired) electrons. The van der Waals surface area contributed by atoms with Gasteiger partial charge in [-0.3, -0.25) is 14.6 Å². The van der Waals surface area contributed by atoms with E-state index in [1.54, 1.807) is 21.5 Å². The van der Waals surface area contributed by atoms with E-state index in [0.29, 0.717) is 24.5 Å². The highest BCUT2D eigenvalue weighted by Crippen LogP contribution is 2.42. The quantitative estimate of drug-likeness (QED) is 0.394. The summed E-state index contributed by atoms with van der Waals surface area (Å²) in [7, 11) is 0. The second-order valence-electron chi connectivity index (χ2n) is 9.76. The predicted molar refractivity (Wildman–Crippen MR) is 139 cm³/mol. The molecule has 1 aromatic carbocycles. The molecule has 3 aromatic heterocycles. The van der Waals surface area contributed by atoms with Gasteiger partial charge in [0.25, 0.3) is 5.56 Å². The van der Waals surface area contributed by atoms with Crippen LogP contribution < -0.4 is 11.3 Å². The van der Waals surface area contributed by atoms with Crippen molar-refractivity contribution in [1.82, 2.24) is 35.0 Å². The van der Waals surface area contributed by atoms with E-state index < -0.39 is 0 Å². The Morgan fingerprint density at radius 2 is 1.97 bits per heavy atom.